The van der Waals surface area contributed by atoms with Gasteiger partial charge in [0.2, 0.25) is 0 Å². The molecule has 1 fully saturated rings. The highest BCUT2D eigenvalue weighted by Crippen LogP contribution is 2.20. The SMILES string of the molecule is COc1ccc(Cn2nnnc2CN(Cc2cc3cc(C)cc(C)c3[nH]c2=O)CC2CCCO2)cc1. The Bertz CT molecular complexity index is 1390. The normalized spacial score (nSPS) is 15.7. The van der Waals surface area contributed by atoms with Gasteiger partial charge in [0.15, 0.2) is 5.82 Å². The highest BCUT2D eigenvalue weighted by molar-refractivity contribution is 5.82. The Hall–Kier alpha value is -3.56. The fraction of sp³-hybridized carbons (Fsp3) is 0.407. The third kappa shape index (κ3) is 5.47. The first-order chi connectivity index (χ1) is 17.5. The molecule has 1 atom stereocenters. The van der Waals surface area contributed by atoms with Crippen LogP contribution in [0.15, 0.2) is 47.3 Å². The zero-order valence-electron chi connectivity index (χ0n) is 21.0. The molecule has 1 saturated heterocycles. The number of aromatic amines is 1. The van der Waals surface area contributed by atoms with Gasteiger partial charge in [0, 0.05) is 25.3 Å². The molecule has 5 rings (SSSR count). The summed E-state index contributed by atoms with van der Waals surface area (Å²) in [5.74, 6) is 1.55. The van der Waals surface area contributed by atoms with Crippen molar-refractivity contribution in [3.8, 4) is 5.75 Å². The van der Waals surface area contributed by atoms with Crippen LogP contribution in [0.25, 0.3) is 10.9 Å². The lowest BCUT2D eigenvalue weighted by Crippen LogP contribution is -2.34. The van der Waals surface area contributed by atoms with E-state index in [0.717, 1.165) is 58.6 Å². The van der Waals surface area contributed by atoms with Gasteiger partial charge in [0.25, 0.3) is 5.56 Å². The van der Waals surface area contributed by atoms with Crippen molar-refractivity contribution in [1.29, 1.82) is 0 Å². The maximum absolute atomic E-state index is 13.0. The van der Waals surface area contributed by atoms with Crippen molar-refractivity contribution in [1.82, 2.24) is 30.1 Å². The monoisotopic (exact) mass is 488 g/mol. The second kappa shape index (κ2) is 10.6. The van der Waals surface area contributed by atoms with Crippen LogP contribution in [0, 0.1) is 13.8 Å². The number of hydrogen-bond acceptors (Lipinski definition) is 7. The lowest BCUT2D eigenvalue weighted by molar-refractivity contribution is 0.0663. The number of aromatic nitrogens is 5. The molecule has 0 aliphatic carbocycles. The molecule has 0 amide bonds. The number of tetrazole rings is 1. The van der Waals surface area contributed by atoms with Gasteiger partial charge in [-0.05, 0) is 77.9 Å². The van der Waals surface area contributed by atoms with Crippen molar-refractivity contribution < 1.29 is 9.47 Å². The van der Waals surface area contributed by atoms with E-state index in [4.69, 9.17) is 9.47 Å². The fourth-order valence-corrected chi connectivity index (χ4v) is 4.91. The number of ether oxygens (including phenoxy) is 2. The summed E-state index contributed by atoms with van der Waals surface area (Å²) in [7, 11) is 1.65. The van der Waals surface area contributed by atoms with Crippen LogP contribution in [-0.4, -0.2) is 56.5 Å². The summed E-state index contributed by atoms with van der Waals surface area (Å²) < 4.78 is 13.0. The van der Waals surface area contributed by atoms with E-state index in [2.05, 4.69) is 44.5 Å². The first-order valence-corrected chi connectivity index (χ1v) is 12.3. The first-order valence-electron chi connectivity index (χ1n) is 12.3. The third-order valence-electron chi connectivity index (χ3n) is 6.71. The average molecular weight is 489 g/mol. The largest absolute Gasteiger partial charge is 0.497 e. The van der Waals surface area contributed by atoms with Crippen LogP contribution in [0.2, 0.25) is 0 Å². The lowest BCUT2D eigenvalue weighted by Gasteiger charge is -2.24. The van der Waals surface area contributed by atoms with Gasteiger partial charge >= 0.3 is 0 Å². The molecule has 3 heterocycles. The van der Waals surface area contributed by atoms with Crippen molar-refractivity contribution in [3.63, 3.8) is 0 Å². The minimum Gasteiger partial charge on any atom is -0.497 e. The van der Waals surface area contributed by atoms with E-state index in [1.54, 1.807) is 7.11 Å². The van der Waals surface area contributed by atoms with Crippen molar-refractivity contribution >= 4 is 10.9 Å². The summed E-state index contributed by atoms with van der Waals surface area (Å²) in [6.07, 6.45) is 2.21. The lowest BCUT2D eigenvalue weighted by atomic mass is 10.0. The van der Waals surface area contributed by atoms with Gasteiger partial charge in [0.1, 0.15) is 5.75 Å². The van der Waals surface area contributed by atoms with E-state index in [1.807, 2.05) is 41.9 Å². The molecule has 1 unspecified atom stereocenters. The number of hydrogen-bond donors (Lipinski definition) is 1. The smallest absolute Gasteiger partial charge is 0.252 e. The number of fused-ring (bicyclic) bond motifs is 1. The van der Waals surface area contributed by atoms with Crippen molar-refractivity contribution in [2.75, 3.05) is 20.3 Å². The van der Waals surface area contributed by atoms with Crippen LogP contribution in [-0.2, 0) is 24.4 Å². The number of pyridine rings is 1. The van der Waals surface area contributed by atoms with Crippen LogP contribution >= 0.6 is 0 Å². The standard InChI is InChI=1S/C27H32N6O3/c1-18-11-19(2)26-21(12-18)13-22(27(34)28-26)15-32(16-24-5-4-10-36-24)17-25-29-30-31-33(25)14-20-6-8-23(35-3)9-7-20/h6-9,11-13,24H,4-5,10,14-17H2,1-3H3,(H,28,34). The number of nitrogens with zero attached hydrogens (tertiary/aromatic N) is 5. The second-order valence-corrected chi connectivity index (χ2v) is 9.58. The molecule has 36 heavy (non-hydrogen) atoms. The molecule has 0 radical (unpaired) electrons. The molecule has 2 aromatic heterocycles. The van der Waals surface area contributed by atoms with Gasteiger partial charge in [-0.25, -0.2) is 4.68 Å². The van der Waals surface area contributed by atoms with Crippen LogP contribution in [0.1, 0.15) is 40.9 Å². The van der Waals surface area contributed by atoms with Gasteiger partial charge in [-0.1, -0.05) is 23.8 Å². The number of benzene rings is 2. The van der Waals surface area contributed by atoms with Gasteiger partial charge < -0.3 is 14.5 Å². The van der Waals surface area contributed by atoms with Crippen LogP contribution in [0.3, 0.4) is 0 Å². The van der Waals surface area contributed by atoms with Crippen molar-refractivity contribution in [3.05, 3.63) is 80.9 Å². The summed E-state index contributed by atoms with van der Waals surface area (Å²) in [4.78, 5) is 18.3. The van der Waals surface area contributed by atoms with E-state index < -0.39 is 0 Å². The minimum atomic E-state index is -0.0652. The topological polar surface area (TPSA) is 98.2 Å². The van der Waals surface area contributed by atoms with E-state index >= 15 is 0 Å². The molecule has 0 saturated carbocycles. The van der Waals surface area contributed by atoms with Gasteiger partial charge in [0.05, 0.1) is 31.8 Å². The summed E-state index contributed by atoms with van der Waals surface area (Å²) in [5.41, 5.74) is 4.87. The van der Waals surface area contributed by atoms with Gasteiger partial charge in [-0.15, -0.1) is 5.10 Å². The summed E-state index contributed by atoms with van der Waals surface area (Å²) >= 11 is 0. The van der Waals surface area contributed by atoms with Crippen LogP contribution in [0.5, 0.6) is 5.75 Å². The highest BCUT2D eigenvalue weighted by Gasteiger charge is 2.22. The third-order valence-corrected chi connectivity index (χ3v) is 6.71. The zero-order chi connectivity index (χ0) is 25.1. The Morgan fingerprint density at radius 3 is 2.75 bits per heavy atom. The Labute approximate surface area is 210 Å². The molecule has 2 aromatic carbocycles. The Morgan fingerprint density at radius 1 is 1.17 bits per heavy atom. The maximum atomic E-state index is 13.0. The molecule has 9 nitrogen and oxygen atoms in total. The molecule has 188 valence electrons. The molecular weight excluding hydrogens is 456 g/mol. The fourth-order valence-electron chi connectivity index (χ4n) is 4.91. The maximum Gasteiger partial charge on any atom is 0.252 e. The van der Waals surface area contributed by atoms with E-state index in [1.165, 1.54) is 5.56 Å². The second-order valence-electron chi connectivity index (χ2n) is 9.58. The molecule has 1 N–H and O–H groups in total. The Morgan fingerprint density at radius 2 is 2.00 bits per heavy atom. The van der Waals surface area contributed by atoms with E-state index in [9.17, 15) is 4.79 Å². The zero-order valence-corrected chi connectivity index (χ0v) is 21.0. The Balaban J connectivity index is 1.40. The van der Waals surface area contributed by atoms with Crippen molar-refractivity contribution in [2.45, 2.75) is 52.4 Å². The highest BCUT2D eigenvalue weighted by atomic mass is 16.5. The molecule has 9 heteroatoms. The molecule has 0 bridgehead atoms. The number of H-pyrrole nitrogens is 1. The predicted molar refractivity (Wildman–Crippen MR) is 137 cm³/mol. The molecule has 4 aromatic rings. The quantitative estimate of drug-likeness (QED) is 0.386. The predicted octanol–water partition coefficient (Wildman–Crippen LogP) is 3.37. The van der Waals surface area contributed by atoms with Crippen LogP contribution in [0.4, 0.5) is 0 Å². The minimum absolute atomic E-state index is 0.0652. The van der Waals surface area contributed by atoms with E-state index in [-0.39, 0.29) is 11.7 Å². The van der Waals surface area contributed by atoms with Gasteiger partial charge in [-0.2, -0.15) is 0 Å². The number of methoxy groups -OCH3 is 1. The summed E-state index contributed by atoms with van der Waals surface area (Å²) in [6, 6.07) is 14.1. The summed E-state index contributed by atoms with van der Waals surface area (Å²) in [6.45, 7) is 7.12. The van der Waals surface area contributed by atoms with Crippen molar-refractivity contribution in [2.24, 2.45) is 0 Å². The Kier molecular flexibility index (Phi) is 7.11. The molecule has 1 aliphatic heterocycles. The number of aryl methyl sites for hydroxylation is 2. The molecular formula is C27H32N6O3. The van der Waals surface area contributed by atoms with Gasteiger partial charge in [-0.3, -0.25) is 9.69 Å². The van der Waals surface area contributed by atoms with Crippen LogP contribution < -0.4 is 10.3 Å². The summed E-state index contributed by atoms with van der Waals surface area (Å²) in [5, 5.41) is 13.5. The first kappa shape index (κ1) is 24.1. The average Bonchev–Trinajstić information content (AvgIpc) is 3.53. The number of nitrogens with one attached hydrogen (secondary N) is 1. The molecule has 0 spiro atoms. The number of rotatable bonds is 9. The van der Waals surface area contributed by atoms with E-state index in [0.29, 0.717) is 26.2 Å². The molecule has 1 aliphatic rings.